The lowest BCUT2D eigenvalue weighted by molar-refractivity contribution is 0.912. The Balaban J connectivity index is 2.35. The van der Waals surface area contributed by atoms with Gasteiger partial charge in [0.2, 0.25) is 0 Å². The summed E-state index contributed by atoms with van der Waals surface area (Å²) >= 11 is 0. The number of aryl methyl sites for hydroxylation is 1. The van der Waals surface area contributed by atoms with Gasteiger partial charge in [-0.1, -0.05) is 18.2 Å². The SMILES string of the molecule is Cc1nccnc1N(CCC(=N)N)c1ccccc1. The van der Waals surface area contributed by atoms with Gasteiger partial charge in [-0.2, -0.15) is 0 Å². The molecule has 0 radical (unpaired) electrons. The Morgan fingerprint density at radius 2 is 1.89 bits per heavy atom. The predicted molar refractivity (Wildman–Crippen MR) is 76.7 cm³/mol. The fraction of sp³-hybridized carbons (Fsp3) is 0.214. The van der Waals surface area contributed by atoms with Gasteiger partial charge in [-0.3, -0.25) is 10.4 Å². The highest BCUT2D eigenvalue weighted by Gasteiger charge is 2.13. The van der Waals surface area contributed by atoms with Crippen LogP contribution in [0, 0.1) is 12.3 Å². The first-order valence-corrected chi connectivity index (χ1v) is 6.11. The average Bonchev–Trinajstić information content (AvgIpc) is 2.42. The summed E-state index contributed by atoms with van der Waals surface area (Å²) in [6, 6.07) is 9.93. The predicted octanol–water partition coefficient (Wildman–Crippen LogP) is 2.25. The molecule has 19 heavy (non-hydrogen) atoms. The molecular weight excluding hydrogens is 238 g/mol. The van der Waals surface area contributed by atoms with Gasteiger partial charge in [0, 0.05) is 31.0 Å². The summed E-state index contributed by atoms with van der Waals surface area (Å²) in [5.74, 6) is 0.970. The van der Waals surface area contributed by atoms with Gasteiger partial charge in [0.25, 0.3) is 0 Å². The molecule has 2 aromatic rings. The largest absolute Gasteiger partial charge is 0.388 e. The molecule has 5 heteroatoms. The maximum Gasteiger partial charge on any atom is 0.154 e. The van der Waals surface area contributed by atoms with Gasteiger partial charge in [-0.25, -0.2) is 4.98 Å². The van der Waals surface area contributed by atoms with Crippen molar-refractivity contribution in [3.05, 3.63) is 48.4 Å². The molecule has 0 aliphatic heterocycles. The van der Waals surface area contributed by atoms with E-state index < -0.39 is 0 Å². The first-order chi connectivity index (χ1) is 9.18. The zero-order valence-electron chi connectivity index (χ0n) is 10.9. The molecule has 98 valence electrons. The molecule has 0 bridgehead atoms. The van der Waals surface area contributed by atoms with Gasteiger partial charge in [0.1, 0.15) is 0 Å². The minimum Gasteiger partial charge on any atom is -0.388 e. The maximum atomic E-state index is 7.38. The zero-order chi connectivity index (χ0) is 13.7. The van der Waals surface area contributed by atoms with Crippen molar-refractivity contribution in [3.63, 3.8) is 0 Å². The highest BCUT2D eigenvalue weighted by molar-refractivity contribution is 5.78. The number of aromatic nitrogens is 2. The number of nitrogens with one attached hydrogen (secondary N) is 1. The second kappa shape index (κ2) is 5.95. The van der Waals surface area contributed by atoms with Crippen molar-refractivity contribution in [2.24, 2.45) is 5.73 Å². The molecule has 3 N–H and O–H groups in total. The third-order valence-electron chi connectivity index (χ3n) is 2.78. The molecule has 0 fully saturated rings. The van der Waals surface area contributed by atoms with E-state index in [0.29, 0.717) is 13.0 Å². The van der Waals surface area contributed by atoms with E-state index in [1.807, 2.05) is 42.2 Å². The van der Waals surface area contributed by atoms with Gasteiger partial charge in [-0.15, -0.1) is 0 Å². The monoisotopic (exact) mass is 255 g/mol. The number of rotatable bonds is 5. The van der Waals surface area contributed by atoms with E-state index in [4.69, 9.17) is 11.1 Å². The lowest BCUT2D eigenvalue weighted by atomic mass is 10.2. The molecule has 0 amide bonds. The molecule has 1 aromatic heterocycles. The third-order valence-corrected chi connectivity index (χ3v) is 2.78. The van der Waals surface area contributed by atoms with Crippen molar-refractivity contribution in [1.29, 1.82) is 5.41 Å². The molecule has 0 unspecified atom stereocenters. The van der Waals surface area contributed by atoms with Crippen molar-refractivity contribution in [1.82, 2.24) is 9.97 Å². The number of nitrogens with two attached hydrogens (primary N) is 1. The van der Waals surface area contributed by atoms with Crippen LogP contribution in [-0.4, -0.2) is 22.3 Å². The Kier molecular flexibility index (Phi) is 4.07. The summed E-state index contributed by atoms with van der Waals surface area (Å²) in [5, 5.41) is 7.38. The summed E-state index contributed by atoms with van der Waals surface area (Å²) in [7, 11) is 0. The lowest BCUT2D eigenvalue weighted by Gasteiger charge is -2.24. The number of benzene rings is 1. The van der Waals surface area contributed by atoms with E-state index in [2.05, 4.69) is 9.97 Å². The number of nitrogens with zero attached hydrogens (tertiary/aromatic N) is 3. The van der Waals surface area contributed by atoms with Crippen LogP contribution in [0.15, 0.2) is 42.7 Å². The minimum absolute atomic E-state index is 0.169. The van der Waals surface area contributed by atoms with Crippen molar-refractivity contribution in [2.75, 3.05) is 11.4 Å². The first kappa shape index (κ1) is 13.0. The summed E-state index contributed by atoms with van der Waals surface area (Å²) in [6.45, 7) is 2.53. The van der Waals surface area contributed by atoms with Crippen LogP contribution in [0.5, 0.6) is 0 Å². The Hall–Kier alpha value is -2.43. The minimum atomic E-state index is 0.169. The van der Waals surface area contributed by atoms with Crippen LogP contribution in [-0.2, 0) is 0 Å². The summed E-state index contributed by atoms with van der Waals surface area (Å²) in [5.41, 5.74) is 7.33. The maximum absolute atomic E-state index is 7.38. The van der Waals surface area contributed by atoms with Crippen LogP contribution in [0.25, 0.3) is 0 Å². The normalized spacial score (nSPS) is 10.2. The fourth-order valence-corrected chi connectivity index (χ4v) is 1.86. The van der Waals surface area contributed by atoms with Crippen molar-refractivity contribution in [3.8, 4) is 0 Å². The number of para-hydroxylation sites is 1. The summed E-state index contributed by atoms with van der Waals surface area (Å²) < 4.78 is 0. The average molecular weight is 255 g/mol. The molecule has 0 aliphatic rings. The number of anilines is 2. The van der Waals surface area contributed by atoms with Gasteiger partial charge in [0.15, 0.2) is 5.82 Å². The highest BCUT2D eigenvalue weighted by atomic mass is 15.2. The summed E-state index contributed by atoms with van der Waals surface area (Å²) in [4.78, 5) is 10.7. The van der Waals surface area contributed by atoms with E-state index in [0.717, 1.165) is 17.2 Å². The Labute approximate surface area is 112 Å². The van der Waals surface area contributed by atoms with Crippen molar-refractivity contribution in [2.45, 2.75) is 13.3 Å². The van der Waals surface area contributed by atoms with Crippen molar-refractivity contribution >= 4 is 17.3 Å². The number of hydrogen-bond donors (Lipinski definition) is 2. The van der Waals surface area contributed by atoms with Gasteiger partial charge in [0.05, 0.1) is 11.5 Å². The Morgan fingerprint density at radius 3 is 2.53 bits per heavy atom. The molecule has 0 saturated carbocycles. The smallest absolute Gasteiger partial charge is 0.154 e. The Bertz CT molecular complexity index is 553. The van der Waals surface area contributed by atoms with Crippen LogP contribution in [0.2, 0.25) is 0 Å². The van der Waals surface area contributed by atoms with E-state index in [1.165, 1.54) is 0 Å². The molecule has 0 saturated heterocycles. The van der Waals surface area contributed by atoms with Crippen LogP contribution in [0.4, 0.5) is 11.5 Å². The second-order valence-electron chi connectivity index (χ2n) is 4.23. The van der Waals surface area contributed by atoms with Crippen molar-refractivity contribution < 1.29 is 0 Å². The molecule has 0 atom stereocenters. The number of amidine groups is 1. The van der Waals surface area contributed by atoms with E-state index in [9.17, 15) is 0 Å². The quantitative estimate of drug-likeness (QED) is 0.634. The standard InChI is InChI=1S/C14H17N5/c1-11-14(18-9-8-17-11)19(10-7-13(15)16)12-5-3-2-4-6-12/h2-6,8-9H,7,10H2,1H3,(H3,15,16). The highest BCUT2D eigenvalue weighted by Crippen LogP contribution is 2.24. The third kappa shape index (κ3) is 3.28. The zero-order valence-corrected chi connectivity index (χ0v) is 10.9. The van der Waals surface area contributed by atoms with E-state index in [1.54, 1.807) is 12.4 Å². The van der Waals surface area contributed by atoms with Crippen LogP contribution >= 0.6 is 0 Å². The van der Waals surface area contributed by atoms with E-state index >= 15 is 0 Å². The number of hydrogen-bond acceptors (Lipinski definition) is 4. The molecule has 1 heterocycles. The molecule has 1 aromatic carbocycles. The van der Waals surface area contributed by atoms with Crippen LogP contribution in [0.3, 0.4) is 0 Å². The molecule has 5 nitrogen and oxygen atoms in total. The lowest BCUT2D eigenvalue weighted by Crippen LogP contribution is -2.25. The molecule has 0 spiro atoms. The second-order valence-corrected chi connectivity index (χ2v) is 4.23. The molecular formula is C14H17N5. The van der Waals surface area contributed by atoms with Gasteiger partial charge < -0.3 is 10.6 Å². The van der Waals surface area contributed by atoms with Crippen LogP contribution < -0.4 is 10.6 Å². The van der Waals surface area contributed by atoms with Gasteiger partial charge >= 0.3 is 0 Å². The fourth-order valence-electron chi connectivity index (χ4n) is 1.86. The first-order valence-electron chi connectivity index (χ1n) is 6.11. The summed E-state index contributed by atoms with van der Waals surface area (Å²) in [6.07, 6.45) is 3.84. The Morgan fingerprint density at radius 1 is 1.21 bits per heavy atom. The van der Waals surface area contributed by atoms with Gasteiger partial charge in [-0.05, 0) is 19.1 Å². The van der Waals surface area contributed by atoms with E-state index in [-0.39, 0.29) is 5.84 Å². The van der Waals surface area contributed by atoms with Crippen LogP contribution in [0.1, 0.15) is 12.1 Å². The topological polar surface area (TPSA) is 78.9 Å². The molecule has 2 rings (SSSR count). The molecule has 0 aliphatic carbocycles.